The van der Waals surface area contributed by atoms with Crippen molar-refractivity contribution in [1.82, 2.24) is 15.1 Å². The molecule has 2 saturated heterocycles. The molecule has 0 aliphatic carbocycles. The molecule has 3 heterocycles. The molecule has 1 atom stereocenters. The van der Waals surface area contributed by atoms with Crippen LogP contribution in [0.2, 0.25) is 5.02 Å². The van der Waals surface area contributed by atoms with Crippen LogP contribution in [0, 0.1) is 12.8 Å². The molecule has 4 rings (SSSR count). The zero-order valence-electron chi connectivity index (χ0n) is 18.6. The van der Waals surface area contributed by atoms with Gasteiger partial charge in [0.15, 0.2) is 11.7 Å². The topological polar surface area (TPSA) is 64.3 Å². The van der Waals surface area contributed by atoms with Gasteiger partial charge in [0.1, 0.15) is 0 Å². The third-order valence-corrected chi connectivity index (χ3v) is 6.39. The number of carbonyl (C=O) groups is 1. The highest BCUT2D eigenvalue weighted by Crippen LogP contribution is 2.29. The number of anilines is 1. The molecule has 1 aromatic heterocycles. The lowest BCUT2D eigenvalue weighted by molar-refractivity contribution is 0.0657. The van der Waals surface area contributed by atoms with Crippen molar-refractivity contribution in [3.8, 4) is 0 Å². The summed E-state index contributed by atoms with van der Waals surface area (Å²) in [6.07, 6.45) is 2.68. The number of carbonyl (C=O) groups excluding carboxylic acids is 1. The standard InChI is InChI=1S/C23H30ClN5O2.HI/c1-17-5-6-19(24)14-20(17)29-8-7-18(16-29)15-26-23(25-2)28-11-9-27(10-12-28)22(30)21-4-3-13-31-21;/h3-6,13-14,18H,7-12,15-16H2,1-2H3,(H,25,26);1H. The number of hydrogen-bond acceptors (Lipinski definition) is 4. The van der Waals surface area contributed by atoms with Crippen LogP contribution in [0.25, 0.3) is 0 Å². The lowest BCUT2D eigenvalue weighted by Crippen LogP contribution is -2.54. The molecule has 2 fully saturated rings. The Labute approximate surface area is 211 Å². The molecule has 0 radical (unpaired) electrons. The number of nitrogens with zero attached hydrogens (tertiary/aromatic N) is 4. The van der Waals surface area contributed by atoms with E-state index in [9.17, 15) is 4.79 Å². The first kappa shape index (κ1) is 24.7. The second kappa shape index (κ2) is 11.3. The van der Waals surface area contributed by atoms with Gasteiger partial charge < -0.3 is 24.4 Å². The first-order valence-electron chi connectivity index (χ1n) is 10.8. The number of guanidine groups is 1. The Morgan fingerprint density at radius 3 is 2.62 bits per heavy atom. The Hall–Kier alpha value is -1.94. The van der Waals surface area contributed by atoms with Gasteiger partial charge in [-0.15, -0.1) is 24.0 Å². The zero-order chi connectivity index (χ0) is 21.8. The first-order valence-corrected chi connectivity index (χ1v) is 11.2. The molecule has 1 amide bonds. The van der Waals surface area contributed by atoms with E-state index in [1.807, 2.05) is 18.0 Å². The van der Waals surface area contributed by atoms with E-state index in [0.29, 0.717) is 24.8 Å². The van der Waals surface area contributed by atoms with Gasteiger partial charge in [-0.3, -0.25) is 9.79 Å². The van der Waals surface area contributed by atoms with Gasteiger partial charge in [-0.05, 0) is 49.1 Å². The van der Waals surface area contributed by atoms with Gasteiger partial charge in [-0.1, -0.05) is 17.7 Å². The molecule has 174 valence electrons. The number of piperazine rings is 1. The molecule has 0 spiro atoms. The summed E-state index contributed by atoms with van der Waals surface area (Å²) in [7, 11) is 1.82. The third-order valence-electron chi connectivity index (χ3n) is 6.16. The van der Waals surface area contributed by atoms with Gasteiger partial charge in [0.05, 0.1) is 6.26 Å². The van der Waals surface area contributed by atoms with Crippen molar-refractivity contribution in [3.63, 3.8) is 0 Å². The van der Waals surface area contributed by atoms with Crippen molar-refractivity contribution in [2.24, 2.45) is 10.9 Å². The zero-order valence-corrected chi connectivity index (χ0v) is 21.7. The van der Waals surface area contributed by atoms with E-state index in [1.54, 1.807) is 12.1 Å². The Balaban J connectivity index is 0.00000289. The highest BCUT2D eigenvalue weighted by molar-refractivity contribution is 14.0. The monoisotopic (exact) mass is 571 g/mol. The molecule has 9 heteroatoms. The van der Waals surface area contributed by atoms with Crippen LogP contribution in [0.3, 0.4) is 0 Å². The summed E-state index contributed by atoms with van der Waals surface area (Å²) in [5.41, 5.74) is 2.49. The van der Waals surface area contributed by atoms with Crippen molar-refractivity contribution in [2.45, 2.75) is 13.3 Å². The SMILES string of the molecule is CN=C(NCC1CCN(c2cc(Cl)ccc2C)C1)N1CCN(C(=O)c2ccco2)CC1.I. The van der Waals surface area contributed by atoms with E-state index in [0.717, 1.165) is 50.1 Å². The van der Waals surface area contributed by atoms with Crippen LogP contribution < -0.4 is 10.2 Å². The molecule has 0 bridgehead atoms. The Kier molecular flexibility index (Phi) is 8.70. The number of halogens is 2. The maximum absolute atomic E-state index is 12.5. The first-order chi connectivity index (χ1) is 15.0. The predicted octanol–water partition coefficient (Wildman–Crippen LogP) is 3.72. The summed E-state index contributed by atoms with van der Waals surface area (Å²) in [4.78, 5) is 23.4. The highest BCUT2D eigenvalue weighted by atomic mass is 127. The van der Waals surface area contributed by atoms with Crippen molar-refractivity contribution in [2.75, 3.05) is 57.8 Å². The van der Waals surface area contributed by atoms with E-state index in [1.165, 1.54) is 17.5 Å². The minimum absolute atomic E-state index is 0. The lowest BCUT2D eigenvalue weighted by Gasteiger charge is -2.36. The number of furan rings is 1. The van der Waals surface area contributed by atoms with Crippen molar-refractivity contribution < 1.29 is 9.21 Å². The van der Waals surface area contributed by atoms with E-state index in [4.69, 9.17) is 16.0 Å². The summed E-state index contributed by atoms with van der Waals surface area (Å²) < 4.78 is 5.24. The van der Waals surface area contributed by atoms with Gasteiger partial charge in [0.25, 0.3) is 5.91 Å². The second-order valence-electron chi connectivity index (χ2n) is 8.22. The van der Waals surface area contributed by atoms with Gasteiger partial charge in [0, 0.05) is 63.6 Å². The second-order valence-corrected chi connectivity index (χ2v) is 8.65. The van der Waals surface area contributed by atoms with Crippen LogP contribution in [0.1, 0.15) is 22.5 Å². The number of aryl methyl sites for hydroxylation is 1. The molecule has 2 aliphatic rings. The number of amides is 1. The average molecular weight is 572 g/mol. The van der Waals surface area contributed by atoms with Crippen LogP contribution in [0.15, 0.2) is 46.0 Å². The highest BCUT2D eigenvalue weighted by Gasteiger charge is 2.27. The van der Waals surface area contributed by atoms with E-state index in [2.05, 4.69) is 39.2 Å². The minimum Gasteiger partial charge on any atom is -0.459 e. The van der Waals surface area contributed by atoms with Crippen molar-refractivity contribution in [1.29, 1.82) is 0 Å². The molecule has 32 heavy (non-hydrogen) atoms. The van der Waals surface area contributed by atoms with Crippen LogP contribution in [0.5, 0.6) is 0 Å². The average Bonchev–Trinajstić information content (AvgIpc) is 3.48. The van der Waals surface area contributed by atoms with Crippen LogP contribution in [-0.2, 0) is 0 Å². The Bertz CT molecular complexity index is 928. The summed E-state index contributed by atoms with van der Waals surface area (Å²) in [6, 6.07) is 9.55. The van der Waals surface area contributed by atoms with Crippen molar-refractivity contribution in [3.05, 3.63) is 52.9 Å². The van der Waals surface area contributed by atoms with Gasteiger partial charge in [-0.2, -0.15) is 0 Å². The molecule has 1 unspecified atom stereocenters. The molecular formula is C23H31ClIN5O2. The maximum Gasteiger partial charge on any atom is 0.289 e. The number of nitrogens with one attached hydrogen (secondary N) is 1. The molecule has 1 aromatic carbocycles. The number of aliphatic imine (C=N–C) groups is 1. The van der Waals surface area contributed by atoms with Crippen LogP contribution >= 0.6 is 35.6 Å². The Morgan fingerprint density at radius 2 is 1.94 bits per heavy atom. The molecule has 7 nitrogen and oxygen atoms in total. The smallest absolute Gasteiger partial charge is 0.289 e. The van der Waals surface area contributed by atoms with Crippen molar-refractivity contribution >= 4 is 53.1 Å². The van der Waals surface area contributed by atoms with Gasteiger partial charge in [-0.25, -0.2) is 0 Å². The van der Waals surface area contributed by atoms with Gasteiger partial charge >= 0.3 is 0 Å². The minimum atomic E-state index is -0.0463. The molecule has 0 saturated carbocycles. The van der Waals surface area contributed by atoms with E-state index < -0.39 is 0 Å². The van der Waals surface area contributed by atoms with Crippen LogP contribution in [-0.4, -0.2) is 74.5 Å². The quantitative estimate of drug-likeness (QED) is 0.344. The fourth-order valence-electron chi connectivity index (χ4n) is 4.39. The largest absolute Gasteiger partial charge is 0.459 e. The third kappa shape index (κ3) is 5.70. The number of hydrogen-bond donors (Lipinski definition) is 1. The number of rotatable bonds is 4. The van der Waals surface area contributed by atoms with Crippen LogP contribution in [0.4, 0.5) is 5.69 Å². The molecule has 2 aliphatic heterocycles. The predicted molar refractivity (Wildman–Crippen MR) is 139 cm³/mol. The molecule has 1 N–H and O–H groups in total. The fourth-order valence-corrected chi connectivity index (χ4v) is 4.55. The van der Waals surface area contributed by atoms with Gasteiger partial charge in [0.2, 0.25) is 0 Å². The number of benzene rings is 1. The summed E-state index contributed by atoms with van der Waals surface area (Å²) in [6.45, 7) is 7.90. The summed E-state index contributed by atoms with van der Waals surface area (Å²) in [5.74, 6) is 1.81. The maximum atomic E-state index is 12.5. The van der Waals surface area contributed by atoms with E-state index in [-0.39, 0.29) is 29.9 Å². The lowest BCUT2D eigenvalue weighted by atomic mass is 10.1. The summed E-state index contributed by atoms with van der Waals surface area (Å²) in [5, 5.41) is 4.34. The molecular weight excluding hydrogens is 541 g/mol. The van der Waals surface area contributed by atoms with E-state index >= 15 is 0 Å². The Morgan fingerprint density at radius 1 is 1.19 bits per heavy atom. The fraction of sp³-hybridized carbons (Fsp3) is 0.478. The normalized spacial score (nSPS) is 19.2. The summed E-state index contributed by atoms with van der Waals surface area (Å²) >= 11 is 6.21. The molecule has 2 aromatic rings.